The van der Waals surface area contributed by atoms with Crippen molar-refractivity contribution >= 4 is 5.91 Å². The van der Waals surface area contributed by atoms with Crippen LogP contribution >= 0.6 is 0 Å². The maximum absolute atomic E-state index is 12.9. The Morgan fingerprint density at radius 1 is 0.870 bits per heavy atom. The Morgan fingerprint density at radius 3 is 1.91 bits per heavy atom. The van der Waals surface area contributed by atoms with E-state index in [1.165, 1.54) is 32.1 Å². The summed E-state index contributed by atoms with van der Waals surface area (Å²) in [6.07, 6.45) is 6.47. The minimum absolute atomic E-state index is 0.118. The highest BCUT2D eigenvalue weighted by Crippen LogP contribution is 2.26. The molecule has 120 valence electrons. The van der Waals surface area contributed by atoms with E-state index in [0.29, 0.717) is 5.92 Å². The predicted octanol–water partition coefficient (Wildman–Crippen LogP) is 4.52. The van der Waals surface area contributed by atoms with Crippen LogP contribution in [0.5, 0.6) is 0 Å². The molecule has 0 saturated heterocycles. The van der Waals surface area contributed by atoms with Crippen LogP contribution < -0.4 is 5.32 Å². The summed E-state index contributed by atoms with van der Waals surface area (Å²) < 4.78 is 0. The Morgan fingerprint density at radius 2 is 1.39 bits per heavy atom. The molecule has 0 unspecified atom stereocenters. The van der Waals surface area contributed by atoms with Crippen molar-refractivity contribution in [1.82, 2.24) is 5.32 Å². The van der Waals surface area contributed by atoms with E-state index in [9.17, 15) is 4.79 Å². The van der Waals surface area contributed by atoms with E-state index >= 15 is 0 Å². The fourth-order valence-electron chi connectivity index (χ4n) is 3.52. The molecule has 0 spiro atoms. The number of rotatable bonds is 5. The van der Waals surface area contributed by atoms with Crippen LogP contribution in [0.3, 0.4) is 0 Å². The Labute approximate surface area is 138 Å². The van der Waals surface area contributed by atoms with Crippen LogP contribution in [0.1, 0.15) is 49.1 Å². The van der Waals surface area contributed by atoms with Gasteiger partial charge >= 0.3 is 0 Å². The van der Waals surface area contributed by atoms with E-state index in [1.807, 2.05) is 60.7 Å². The minimum atomic E-state index is -0.221. The van der Waals surface area contributed by atoms with Gasteiger partial charge in [0.25, 0.3) is 0 Å². The van der Waals surface area contributed by atoms with Crippen LogP contribution in [-0.4, -0.2) is 12.5 Å². The lowest BCUT2D eigenvalue weighted by molar-refractivity contribution is -0.121. The van der Waals surface area contributed by atoms with Gasteiger partial charge in [-0.15, -0.1) is 0 Å². The van der Waals surface area contributed by atoms with Crippen molar-refractivity contribution in [3.8, 4) is 0 Å². The van der Waals surface area contributed by atoms with E-state index in [4.69, 9.17) is 0 Å². The number of hydrogen-bond donors (Lipinski definition) is 1. The monoisotopic (exact) mass is 307 g/mol. The Balaban J connectivity index is 1.74. The first-order valence-corrected chi connectivity index (χ1v) is 8.72. The maximum Gasteiger partial charge on any atom is 0.232 e. The second-order valence-electron chi connectivity index (χ2n) is 6.50. The highest BCUT2D eigenvalue weighted by molar-refractivity contribution is 5.87. The standard InChI is InChI=1S/C21H25NO/c23-21(22-16-17-10-4-1-5-11-17)20(18-12-6-2-7-13-18)19-14-8-3-9-15-19/h2-3,6-9,12-15,17,20H,1,4-5,10-11,16H2,(H,22,23). The summed E-state index contributed by atoms with van der Waals surface area (Å²) in [5.74, 6) is 0.550. The Bertz CT molecular complexity index is 563. The van der Waals surface area contributed by atoms with Gasteiger partial charge in [0.05, 0.1) is 5.92 Å². The van der Waals surface area contributed by atoms with Crippen molar-refractivity contribution in [3.63, 3.8) is 0 Å². The highest BCUT2D eigenvalue weighted by atomic mass is 16.1. The number of carbonyl (C=O) groups is 1. The van der Waals surface area contributed by atoms with Gasteiger partial charge in [0.15, 0.2) is 0 Å². The highest BCUT2D eigenvalue weighted by Gasteiger charge is 2.23. The fourth-order valence-corrected chi connectivity index (χ4v) is 3.52. The molecule has 0 heterocycles. The smallest absolute Gasteiger partial charge is 0.232 e. The molecule has 3 rings (SSSR count). The van der Waals surface area contributed by atoms with Crippen molar-refractivity contribution in [2.45, 2.75) is 38.0 Å². The number of hydrogen-bond acceptors (Lipinski definition) is 1. The van der Waals surface area contributed by atoms with E-state index in [-0.39, 0.29) is 11.8 Å². The van der Waals surface area contributed by atoms with Crippen LogP contribution in [-0.2, 0) is 4.79 Å². The summed E-state index contributed by atoms with van der Waals surface area (Å²) in [4.78, 5) is 12.9. The van der Waals surface area contributed by atoms with Gasteiger partial charge in [-0.25, -0.2) is 0 Å². The van der Waals surface area contributed by atoms with Crippen molar-refractivity contribution in [2.24, 2.45) is 5.92 Å². The molecule has 0 atom stereocenters. The average Bonchev–Trinajstić information content (AvgIpc) is 2.63. The first kappa shape index (κ1) is 15.8. The molecule has 1 fully saturated rings. The first-order valence-electron chi connectivity index (χ1n) is 8.72. The molecule has 1 saturated carbocycles. The zero-order chi connectivity index (χ0) is 15.9. The Hall–Kier alpha value is -2.09. The van der Waals surface area contributed by atoms with E-state index in [1.54, 1.807) is 0 Å². The van der Waals surface area contributed by atoms with E-state index in [2.05, 4.69) is 5.32 Å². The van der Waals surface area contributed by atoms with Crippen LogP contribution in [0.4, 0.5) is 0 Å². The van der Waals surface area contributed by atoms with E-state index in [0.717, 1.165) is 17.7 Å². The van der Waals surface area contributed by atoms with Crippen LogP contribution in [0, 0.1) is 5.92 Å². The van der Waals surface area contributed by atoms with Gasteiger partial charge < -0.3 is 5.32 Å². The molecule has 0 aliphatic heterocycles. The van der Waals surface area contributed by atoms with Crippen LogP contribution in [0.2, 0.25) is 0 Å². The van der Waals surface area contributed by atoms with Gasteiger partial charge in [-0.3, -0.25) is 4.79 Å². The summed E-state index contributed by atoms with van der Waals surface area (Å²) in [6, 6.07) is 20.1. The molecule has 2 aromatic rings. The van der Waals surface area contributed by atoms with Gasteiger partial charge in [0.1, 0.15) is 0 Å². The Kier molecular flexibility index (Phi) is 5.46. The molecule has 2 heteroatoms. The number of carbonyl (C=O) groups excluding carboxylic acids is 1. The fraction of sp³-hybridized carbons (Fsp3) is 0.381. The zero-order valence-corrected chi connectivity index (χ0v) is 13.6. The molecule has 23 heavy (non-hydrogen) atoms. The van der Waals surface area contributed by atoms with Gasteiger partial charge in [-0.05, 0) is 29.9 Å². The van der Waals surface area contributed by atoms with Crippen LogP contribution in [0.15, 0.2) is 60.7 Å². The zero-order valence-electron chi connectivity index (χ0n) is 13.6. The largest absolute Gasteiger partial charge is 0.355 e. The van der Waals surface area contributed by atoms with Gasteiger partial charge in [-0.2, -0.15) is 0 Å². The molecule has 0 radical (unpaired) electrons. The summed E-state index contributed by atoms with van der Waals surface area (Å²) in [6.45, 7) is 0.814. The molecular weight excluding hydrogens is 282 g/mol. The van der Waals surface area contributed by atoms with Crippen molar-refractivity contribution in [1.29, 1.82) is 0 Å². The maximum atomic E-state index is 12.9. The molecule has 0 aromatic heterocycles. The van der Waals surface area contributed by atoms with Crippen molar-refractivity contribution in [2.75, 3.05) is 6.54 Å². The molecule has 2 aromatic carbocycles. The predicted molar refractivity (Wildman–Crippen MR) is 94.3 cm³/mol. The van der Waals surface area contributed by atoms with E-state index < -0.39 is 0 Å². The molecule has 1 aliphatic carbocycles. The lowest BCUT2D eigenvalue weighted by atomic mass is 9.88. The molecule has 1 amide bonds. The SMILES string of the molecule is O=C(NCC1CCCCC1)C(c1ccccc1)c1ccccc1. The van der Waals surface area contributed by atoms with Gasteiger partial charge in [0.2, 0.25) is 5.91 Å². The second-order valence-corrected chi connectivity index (χ2v) is 6.50. The summed E-state index contributed by atoms with van der Waals surface area (Å²) >= 11 is 0. The summed E-state index contributed by atoms with van der Waals surface area (Å²) in [5.41, 5.74) is 2.11. The quantitative estimate of drug-likeness (QED) is 0.865. The van der Waals surface area contributed by atoms with Gasteiger partial charge in [0, 0.05) is 6.54 Å². The first-order chi connectivity index (χ1) is 11.3. The van der Waals surface area contributed by atoms with Crippen molar-refractivity contribution in [3.05, 3.63) is 71.8 Å². The molecular formula is C21H25NO. The van der Waals surface area contributed by atoms with Crippen LogP contribution in [0.25, 0.3) is 0 Å². The topological polar surface area (TPSA) is 29.1 Å². The van der Waals surface area contributed by atoms with Crippen molar-refractivity contribution < 1.29 is 4.79 Å². The molecule has 2 nitrogen and oxygen atoms in total. The lowest BCUT2D eigenvalue weighted by Gasteiger charge is -2.24. The molecule has 0 bridgehead atoms. The third-order valence-corrected chi connectivity index (χ3v) is 4.82. The molecule has 1 aliphatic rings. The molecule has 1 N–H and O–H groups in total. The lowest BCUT2D eigenvalue weighted by Crippen LogP contribution is -2.34. The average molecular weight is 307 g/mol. The normalized spacial score (nSPS) is 15.5. The summed E-state index contributed by atoms with van der Waals surface area (Å²) in [5, 5.41) is 3.21. The number of amides is 1. The summed E-state index contributed by atoms with van der Waals surface area (Å²) in [7, 11) is 0. The number of benzene rings is 2. The third-order valence-electron chi connectivity index (χ3n) is 4.82. The second kappa shape index (κ2) is 7.96. The minimum Gasteiger partial charge on any atom is -0.355 e. The third kappa shape index (κ3) is 4.22. The van der Waals surface area contributed by atoms with Gasteiger partial charge in [-0.1, -0.05) is 79.9 Å². The number of nitrogens with one attached hydrogen (secondary N) is 1.